The first-order chi connectivity index (χ1) is 14.6. The SMILES string of the molecule is C[C@H]1C[C@@H](C(F)F)n2nc(C(=O)Nc3sc4c(c3C#N)CC[C@@H](C(C)(C)C)C4)nc2N1. The van der Waals surface area contributed by atoms with Gasteiger partial charge in [0.25, 0.3) is 12.3 Å². The Balaban J connectivity index is 1.59. The lowest BCUT2D eigenvalue weighted by Crippen LogP contribution is -2.33. The smallest absolute Gasteiger partial charge is 0.296 e. The molecule has 0 radical (unpaired) electrons. The van der Waals surface area contributed by atoms with E-state index in [1.807, 2.05) is 0 Å². The molecule has 2 aromatic heterocycles. The number of carbonyl (C=O) groups is 1. The molecule has 31 heavy (non-hydrogen) atoms. The van der Waals surface area contributed by atoms with Gasteiger partial charge in [-0.25, -0.2) is 13.5 Å². The fraction of sp³-hybridized carbons (Fsp3) is 0.619. The van der Waals surface area contributed by atoms with Crippen molar-refractivity contribution in [3.05, 3.63) is 21.8 Å². The second-order valence-electron chi connectivity index (χ2n) is 9.47. The largest absolute Gasteiger partial charge is 0.352 e. The fourth-order valence-corrected chi connectivity index (χ4v) is 5.66. The number of rotatable bonds is 3. The van der Waals surface area contributed by atoms with Gasteiger partial charge in [0.15, 0.2) is 0 Å². The average Bonchev–Trinajstić information content (AvgIpc) is 3.26. The number of amides is 1. The summed E-state index contributed by atoms with van der Waals surface area (Å²) in [6, 6.07) is 0.905. The third-order valence-corrected chi connectivity index (χ3v) is 7.41. The molecule has 1 aliphatic heterocycles. The molecular weight excluding hydrogens is 422 g/mol. The van der Waals surface area contributed by atoms with Crippen LogP contribution in [0.5, 0.6) is 0 Å². The molecule has 0 bridgehead atoms. The van der Waals surface area contributed by atoms with E-state index >= 15 is 0 Å². The number of nitrogens with zero attached hydrogens (tertiary/aromatic N) is 4. The molecule has 2 N–H and O–H groups in total. The lowest BCUT2D eigenvalue weighted by molar-refractivity contribution is 0.0662. The third-order valence-electron chi connectivity index (χ3n) is 6.24. The second-order valence-corrected chi connectivity index (χ2v) is 10.6. The predicted molar refractivity (Wildman–Crippen MR) is 115 cm³/mol. The summed E-state index contributed by atoms with van der Waals surface area (Å²) in [7, 11) is 0. The Morgan fingerprint density at radius 3 is 2.81 bits per heavy atom. The van der Waals surface area contributed by atoms with Crippen molar-refractivity contribution in [2.24, 2.45) is 11.3 Å². The Labute approximate surface area is 183 Å². The zero-order valence-corrected chi connectivity index (χ0v) is 18.8. The summed E-state index contributed by atoms with van der Waals surface area (Å²) in [5.74, 6) is -0.125. The van der Waals surface area contributed by atoms with E-state index in [0.717, 1.165) is 34.4 Å². The minimum atomic E-state index is -2.61. The number of hydrogen-bond acceptors (Lipinski definition) is 6. The molecule has 2 aliphatic rings. The van der Waals surface area contributed by atoms with Gasteiger partial charge in [-0.05, 0) is 49.5 Å². The Morgan fingerprint density at radius 1 is 1.42 bits per heavy atom. The van der Waals surface area contributed by atoms with Gasteiger partial charge in [-0.1, -0.05) is 20.8 Å². The maximum atomic E-state index is 13.4. The number of nitriles is 1. The summed E-state index contributed by atoms with van der Waals surface area (Å²) in [5.41, 5.74) is 1.67. The zero-order valence-electron chi connectivity index (χ0n) is 18.0. The van der Waals surface area contributed by atoms with Crippen molar-refractivity contribution in [1.82, 2.24) is 14.8 Å². The number of alkyl halides is 2. The van der Waals surface area contributed by atoms with E-state index in [1.54, 1.807) is 6.92 Å². The lowest BCUT2D eigenvalue weighted by atomic mass is 9.72. The van der Waals surface area contributed by atoms with Gasteiger partial charge in [-0.3, -0.25) is 4.79 Å². The quantitative estimate of drug-likeness (QED) is 0.714. The van der Waals surface area contributed by atoms with Gasteiger partial charge in [0, 0.05) is 10.9 Å². The molecule has 10 heteroatoms. The van der Waals surface area contributed by atoms with E-state index in [9.17, 15) is 18.8 Å². The van der Waals surface area contributed by atoms with Crippen molar-refractivity contribution >= 4 is 28.2 Å². The molecule has 1 amide bonds. The summed E-state index contributed by atoms with van der Waals surface area (Å²) in [4.78, 5) is 18.1. The Bertz CT molecular complexity index is 1050. The zero-order chi connectivity index (χ0) is 22.5. The number of aromatic nitrogens is 3. The molecule has 0 saturated heterocycles. The maximum absolute atomic E-state index is 13.4. The van der Waals surface area contributed by atoms with Crippen molar-refractivity contribution in [1.29, 1.82) is 5.26 Å². The Morgan fingerprint density at radius 2 is 2.16 bits per heavy atom. The molecule has 0 fully saturated rings. The van der Waals surface area contributed by atoms with E-state index in [2.05, 4.69) is 47.6 Å². The Kier molecular flexibility index (Phi) is 5.50. The van der Waals surface area contributed by atoms with Crippen LogP contribution < -0.4 is 10.6 Å². The second kappa shape index (κ2) is 7.86. The van der Waals surface area contributed by atoms with Crippen LogP contribution in [0, 0.1) is 22.7 Å². The van der Waals surface area contributed by atoms with Gasteiger partial charge in [0.1, 0.15) is 17.1 Å². The summed E-state index contributed by atoms with van der Waals surface area (Å²) in [6.07, 6.45) is 0.277. The molecule has 4 rings (SSSR count). The average molecular weight is 449 g/mol. The van der Waals surface area contributed by atoms with E-state index in [4.69, 9.17) is 0 Å². The molecule has 2 aromatic rings. The molecule has 1 aliphatic carbocycles. The van der Waals surface area contributed by atoms with Gasteiger partial charge in [-0.15, -0.1) is 16.4 Å². The minimum absolute atomic E-state index is 0.160. The van der Waals surface area contributed by atoms with Gasteiger partial charge in [-0.2, -0.15) is 10.2 Å². The highest BCUT2D eigenvalue weighted by Crippen LogP contribution is 2.44. The molecule has 0 spiro atoms. The molecule has 0 aromatic carbocycles. The van der Waals surface area contributed by atoms with Crippen molar-refractivity contribution in [3.8, 4) is 6.07 Å². The van der Waals surface area contributed by atoms with E-state index in [1.165, 1.54) is 11.3 Å². The van der Waals surface area contributed by atoms with E-state index in [-0.39, 0.29) is 29.7 Å². The first-order valence-corrected chi connectivity index (χ1v) is 11.3. The topological polar surface area (TPSA) is 95.6 Å². The maximum Gasteiger partial charge on any atom is 0.296 e. The lowest BCUT2D eigenvalue weighted by Gasteiger charge is -2.33. The van der Waals surface area contributed by atoms with Gasteiger partial charge < -0.3 is 10.6 Å². The summed E-state index contributed by atoms with van der Waals surface area (Å²) >= 11 is 1.42. The van der Waals surface area contributed by atoms with Crippen LogP contribution in [-0.4, -0.2) is 33.1 Å². The third kappa shape index (κ3) is 4.03. The van der Waals surface area contributed by atoms with Crippen molar-refractivity contribution < 1.29 is 13.6 Å². The first-order valence-electron chi connectivity index (χ1n) is 10.5. The predicted octanol–water partition coefficient (Wildman–Crippen LogP) is 4.62. The minimum Gasteiger partial charge on any atom is -0.352 e. The standard InChI is InChI=1S/C21H26F2N6OS/c1-10-7-14(16(22)23)29-20(25-10)26-17(28-29)18(30)27-19-13(9-24)12-6-5-11(21(2,3)4)8-15(12)31-19/h10-11,14,16H,5-8H2,1-4H3,(H,27,30)(H,25,26,28)/t10-,11+,14-/m0/s1. The summed E-state index contributed by atoms with van der Waals surface area (Å²) in [5, 5.41) is 20.0. The highest BCUT2D eigenvalue weighted by molar-refractivity contribution is 7.16. The fourth-order valence-electron chi connectivity index (χ4n) is 4.39. The first kappa shape index (κ1) is 21.7. The van der Waals surface area contributed by atoms with Gasteiger partial charge in [0.2, 0.25) is 11.8 Å². The summed E-state index contributed by atoms with van der Waals surface area (Å²) < 4.78 is 27.9. The molecular formula is C21H26F2N6OS. The molecule has 3 heterocycles. The van der Waals surface area contributed by atoms with Crippen LogP contribution in [0.4, 0.5) is 19.7 Å². The van der Waals surface area contributed by atoms with E-state index < -0.39 is 18.4 Å². The number of anilines is 2. The van der Waals surface area contributed by atoms with E-state index in [0.29, 0.717) is 16.5 Å². The number of hydrogen-bond donors (Lipinski definition) is 2. The van der Waals surface area contributed by atoms with Crippen LogP contribution in [-0.2, 0) is 12.8 Å². The van der Waals surface area contributed by atoms with Crippen LogP contribution in [0.2, 0.25) is 0 Å². The number of fused-ring (bicyclic) bond motifs is 2. The normalized spacial score (nSPS) is 23.0. The van der Waals surface area contributed by atoms with Crippen LogP contribution in [0.25, 0.3) is 0 Å². The molecule has 0 saturated carbocycles. The van der Waals surface area contributed by atoms with Crippen molar-refractivity contribution in [2.45, 2.75) is 71.9 Å². The highest BCUT2D eigenvalue weighted by atomic mass is 32.1. The monoisotopic (exact) mass is 448 g/mol. The summed E-state index contributed by atoms with van der Waals surface area (Å²) in [6.45, 7) is 8.45. The van der Waals surface area contributed by atoms with Crippen LogP contribution >= 0.6 is 11.3 Å². The van der Waals surface area contributed by atoms with Crippen molar-refractivity contribution in [3.63, 3.8) is 0 Å². The van der Waals surface area contributed by atoms with Crippen LogP contribution in [0.1, 0.15) is 73.2 Å². The van der Waals surface area contributed by atoms with Crippen LogP contribution in [0.3, 0.4) is 0 Å². The molecule has 3 atom stereocenters. The number of nitrogens with one attached hydrogen (secondary N) is 2. The number of carbonyl (C=O) groups excluding carboxylic acids is 1. The number of halogens is 2. The molecule has 166 valence electrons. The van der Waals surface area contributed by atoms with Gasteiger partial charge in [0.05, 0.1) is 5.56 Å². The highest BCUT2D eigenvalue weighted by Gasteiger charge is 2.35. The molecule has 0 unspecified atom stereocenters. The Hall–Kier alpha value is -2.54. The molecule has 7 nitrogen and oxygen atoms in total. The number of thiophene rings is 1. The van der Waals surface area contributed by atoms with Crippen molar-refractivity contribution in [2.75, 3.05) is 10.6 Å². The van der Waals surface area contributed by atoms with Crippen LogP contribution in [0.15, 0.2) is 0 Å². The van der Waals surface area contributed by atoms with Gasteiger partial charge >= 0.3 is 0 Å².